The summed E-state index contributed by atoms with van der Waals surface area (Å²) in [6, 6.07) is -0.00885. The fourth-order valence-corrected chi connectivity index (χ4v) is 5.70. The first-order chi connectivity index (χ1) is 16.9. The van der Waals surface area contributed by atoms with Crippen molar-refractivity contribution in [2.24, 2.45) is 22.1 Å². The average Bonchev–Trinajstić information content (AvgIpc) is 3.39. The van der Waals surface area contributed by atoms with Crippen LogP contribution in [-0.4, -0.2) is 76.0 Å². The number of hydrogen-bond donors (Lipinski definition) is 2. The highest BCUT2D eigenvalue weighted by Crippen LogP contribution is 2.41. The predicted octanol–water partition coefficient (Wildman–Crippen LogP) is 1.54. The molecule has 1 amide bonds. The number of aliphatic imine (C=N–C) groups is 1. The number of carbonyl (C=O) groups excluding carboxylic acids is 1. The number of hydrogen-bond acceptors (Lipinski definition) is 8. The number of rotatable bonds is 5. The molecule has 4 aliphatic heterocycles. The number of likely N-dealkylation sites (tertiary alicyclic amines) is 1. The van der Waals surface area contributed by atoms with E-state index in [0.717, 1.165) is 57.8 Å². The standard InChI is InChI=1S/C23H29F2N7O3/c24-20(25)19-17(8-30(28-19)15-3-1-14(9-33)2-4-15)32-7-16(21(26)34)22-27-18(5-6-31(22)32)29-10-23(11-29)12-35-13-23/h5-6,8,14-15,20,33H,1-4,7,9-13H2,(H2,26,34). The maximum Gasteiger partial charge on any atom is 0.284 e. The monoisotopic (exact) mass is 489 g/mol. The third-order valence-electron chi connectivity index (χ3n) is 7.80. The van der Waals surface area contributed by atoms with Gasteiger partial charge in [-0.25, -0.2) is 18.8 Å². The third-order valence-corrected chi connectivity index (χ3v) is 7.80. The number of nitrogens with two attached hydrogens (primary N) is 1. The lowest BCUT2D eigenvalue weighted by atomic mass is 9.78. The number of carbonyl (C=O) groups is 1. The molecule has 1 spiro atoms. The Bertz CT molecular complexity index is 1110. The van der Waals surface area contributed by atoms with Crippen LogP contribution in [0.5, 0.6) is 0 Å². The van der Waals surface area contributed by atoms with Crippen LogP contribution in [0.4, 0.5) is 14.5 Å². The number of aliphatic hydroxyl groups excluding tert-OH is 1. The van der Waals surface area contributed by atoms with Gasteiger partial charge in [-0.2, -0.15) is 5.10 Å². The Balaban J connectivity index is 1.27. The van der Waals surface area contributed by atoms with Crippen molar-refractivity contribution < 1.29 is 23.4 Å². The number of anilines is 1. The molecule has 3 N–H and O–H groups in total. The van der Waals surface area contributed by atoms with Crippen LogP contribution in [0.3, 0.4) is 0 Å². The van der Waals surface area contributed by atoms with E-state index in [0.29, 0.717) is 5.82 Å². The Kier molecular flexibility index (Phi) is 5.33. The second kappa shape index (κ2) is 8.30. The van der Waals surface area contributed by atoms with Crippen LogP contribution in [0.25, 0.3) is 0 Å². The van der Waals surface area contributed by atoms with Gasteiger partial charge < -0.3 is 20.5 Å². The first-order valence-electron chi connectivity index (χ1n) is 12.0. The van der Waals surface area contributed by atoms with Crippen molar-refractivity contribution in [3.05, 3.63) is 35.6 Å². The third kappa shape index (κ3) is 3.70. The molecule has 35 heavy (non-hydrogen) atoms. The van der Waals surface area contributed by atoms with Crippen molar-refractivity contribution in [2.75, 3.05) is 44.5 Å². The molecule has 188 valence electrons. The summed E-state index contributed by atoms with van der Waals surface area (Å²) in [6.45, 7) is 3.34. The molecule has 3 fully saturated rings. The highest BCUT2D eigenvalue weighted by molar-refractivity contribution is 5.99. The van der Waals surface area contributed by atoms with Gasteiger partial charge in [0.25, 0.3) is 6.43 Å². The van der Waals surface area contributed by atoms with Crippen LogP contribution in [0.2, 0.25) is 0 Å². The van der Waals surface area contributed by atoms with Gasteiger partial charge >= 0.3 is 0 Å². The van der Waals surface area contributed by atoms with Crippen molar-refractivity contribution in [2.45, 2.75) is 38.2 Å². The predicted molar refractivity (Wildman–Crippen MR) is 122 cm³/mol. The first kappa shape index (κ1) is 22.5. The number of primary amides is 1. The smallest absolute Gasteiger partial charge is 0.284 e. The molecule has 1 aromatic heterocycles. The molecule has 2 saturated heterocycles. The summed E-state index contributed by atoms with van der Waals surface area (Å²) >= 11 is 0. The van der Waals surface area contributed by atoms with Crippen molar-refractivity contribution in [3.63, 3.8) is 0 Å². The highest BCUT2D eigenvalue weighted by atomic mass is 19.3. The van der Waals surface area contributed by atoms with E-state index in [2.05, 4.69) is 10.00 Å². The molecule has 12 heteroatoms. The van der Waals surface area contributed by atoms with Crippen LogP contribution in [0.1, 0.15) is 43.8 Å². The van der Waals surface area contributed by atoms with Crippen LogP contribution < -0.4 is 10.7 Å². The van der Waals surface area contributed by atoms with E-state index < -0.39 is 12.3 Å². The molecule has 0 atom stereocenters. The minimum Gasteiger partial charge on any atom is -0.396 e. The summed E-state index contributed by atoms with van der Waals surface area (Å²) < 4.78 is 35.1. The summed E-state index contributed by atoms with van der Waals surface area (Å²) in [5.74, 6) is 0.701. The van der Waals surface area contributed by atoms with Crippen molar-refractivity contribution in [1.82, 2.24) is 19.7 Å². The average molecular weight is 490 g/mol. The molecule has 5 heterocycles. The van der Waals surface area contributed by atoms with E-state index >= 15 is 0 Å². The summed E-state index contributed by atoms with van der Waals surface area (Å²) in [6.07, 6.45) is 5.63. The Labute approximate surface area is 201 Å². The molecule has 0 radical (unpaired) electrons. The van der Waals surface area contributed by atoms with Crippen LogP contribution in [-0.2, 0) is 9.53 Å². The molecular formula is C23H29F2N7O3. The van der Waals surface area contributed by atoms with Gasteiger partial charge in [0.1, 0.15) is 11.5 Å². The van der Waals surface area contributed by atoms with Crippen molar-refractivity contribution in [3.8, 4) is 0 Å². The molecule has 10 nitrogen and oxygen atoms in total. The van der Waals surface area contributed by atoms with E-state index in [-0.39, 0.29) is 47.5 Å². The zero-order valence-electron chi connectivity index (χ0n) is 19.3. The zero-order chi connectivity index (χ0) is 24.3. The number of alkyl halides is 2. The molecule has 1 aromatic rings. The topological polar surface area (TPSA) is 112 Å². The molecule has 0 aromatic carbocycles. The van der Waals surface area contributed by atoms with Gasteiger partial charge in [0.2, 0.25) is 5.91 Å². The van der Waals surface area contributed by atoms with Gasteiger partial charge in [-0.3, -0.25) is 14.5 Å². The molecule has 1 aliphatic carbocycles. The number of aromatic nitrogens is 2. The second-order valence-electron chi connectivity index (χ2n) is 10.2. The van der Waals surface area contributed by atoms with Gasteiger partial charge in [-0.15, -0.1) is 0 Å². The van der Waals surface area contributed by atoms with Gasteiger partial charge in [-0.05, 0) is 37.7 Å². The normalized spacial score (nSPS) is 27.3. The Morgan fingerprint density at radius 1 is 1.26 bits per heavy atom. The number of nitrogens with zero attached hydrogens (tertiary/aromatic N) is 6. The van der Waals surface area contributed by atoms with Crippen molar-refractivity contribution >= 4 is 17.4 Å². The molecule has 0 unspecified atom stereocenters. The Morgan fingerprint density at radius 2 is 2.00 bits per heavy atom. The number of aliphatic hydroxyl groups is 1. The van der Waals surface area contributed by atoms with Gasteiger partial charge in [0.15, 0.2) is 11.5 Å². The van der Waals surface area contributed by atoms with Crippen LogP contribution >= 0.6 is 0 Å². The van der Waals surface area contributed by atoms with Gasteiger partial charge in [0, 0.05) is 25.9 Å². The Morgan fingerprint density at radius 3 is 2.60 bits per heavy atom. The van der Waals surface area contributed by atoms with Gasteiger partial charge in [-0.1, -0.05) is 0 Å². The maximum atomic E-state index is 14.1. The minimum atomic E-state index is -2.78. The summed E-state index contributed by atoms with van der Waals surface area (Å²) in [5.41, 5.74) is 6.04. The summed E-state index contributed by atoms with van der Waals surface area (Å²) in [5, 5.41) is 16.9. The van der Waals surface area contributed by atoms with E-state index in [1.54, 1.807) is 27.1 Å². The molecule has 1 saturated carbocycles. The van der Waals surface area contributed by atoms with E-state index in [1.807, 2.05) is 6.08 Å². The first-order valence-corrected chi connectivity index (χ1v) is 12.0. The summed E-state index contributed by atoms with van der Waals surface area (Å²) in [4.78, 5) is 19.1. The fourth-order valence-electron chi connectivity index (χ4n) is 5.70. The maximum absolute atomic E-state index is 14.1. The highest BCUT2D eigenvalue weighted by Gasteiger charge is 2.50. The molecule has 6 rings (SSSR count). The second-order valence-corrected chi connectivity index (χ2v) is 10.2. The fraction of sp³-hybridized carbons (Fsp3) is 0.609. The number of amides is 1. The number of fused-ring (bicyclic) bond motifs is 1. The lowest BCUT2D eigenvalue weighted by molar-refractivity contribution is -0.170. The zero-order valence-corrected chi connectivity index (χ0v) is 19.3. The molecule has 0 bridgehead atoms. The quantitative estimate of drug-likeness (QED) is 0.645. The van der Waals surface area contributed by atoms with Crippen molar-refractivity contribution in [1.29, 1.82) is 0 Å². The van der Waals surface area contributed by atoms with E-state index in [4.69, 9.17) is 15.5 Å². The lowest BCUT2D eigenvalue weighted by Crippen LogP contribution is -2.67. The van der Waals surface area contributed by atoms with Crippen LogP contribution in [0.15, 0.2) is 34.9 Å². The Hall–Kier alpha value is -2.99. The molecular weight excluding hydrogens is 460 g/mol. The number of ether oxygens (including phenoxy) is 1. The largest absolute Gasteiger partial charge is 0.396 e. The van der Waals surface area contributed by atoms with Gasteiger partial charge in [0.05, 0.1) is 43.0 Å². The number of halogens is 2. The lowest BCUT2D eigenvalue weighted by Gasteiger charge is -2.56. The SMILES string of the molecule is NC(=O)C1=C2N=C(N3CC4(COC4)C3)C=CN2N(c2cn(C3CCC(CO)CC3)nc2C(F)F)C1. The number of hydrazine groups is 1. The molecule has 5 aliphatic rings. The number of amidine groups is 1. The minimum absolute atomic E-state index is 0.00885. The van der Waals surface area contributed by atoms with Crippen LogP contribution in [0, 0.1) is 11.3 Å². The van der Waals surface area contributed by atoms with E-state index in [1.165, 1.54) is 0 Å². The summed E-state index contributed by atoms with van der Waals surface area (Å²) in [7, 11) is 0. The van der Waals surface area contributed by atoms with E-state index in [9.17, 15) is 18.7 Å².